The zero-order chi connectivity index (χ0) is 31.5. The number of anilines is 3. The Bertz CT molecular complexity index is 2290. The van der Waals surface area contributed by atoms with Crippen LogP contribution in [-0.2, 0) is 5.41 Å². The highest BCUT2D eigenvalue weighted by Crippen LogP contribution is 2.54. The number of thiophene rings is 1. The molecular weight excluding hydrogens is 587 g/mol. The molecule has 0 unspecified atom stereocenters. The molecule has 1 aromatic heterocycles. The third-order valence-electron chi connectivity index (χ3n) is 10.4. The molecule has 0 fully saturated rings. The summed E-state index contributed by atoms with van der Waals surface area (Å²) in [5.41, 5.74) is 14.7. The molecule has 0 aliphatic heterocycles. The van der Waals surface area contributed by atoms with Gasteiger partial charge in [-0.25, -0.2) is 0 Å². The maximum atomic E-state index is 2.41. The number of fused-ring (bicyclic) bond motifs is 6. The van der Waals surface area contributed by atoms with Crippen molar-refractivity contribution in [1.82, 2.24) is 0 Å². The summed E-state index contributed by atoms with van der Waals surface area (Å²) in [6.07, 6.45) is 16.2. The minimum Gasteiger partial charge on any atom is -0.311 e. The molecule has 0 N–H and O–H groups in total. The Morgan fingerprint density at radius 3 is 2.04 bits per heavy atom. The van der Waals surface area contributed by atoms with Crippen LogP contribution in [0.25, 0.3) is 42.4 Å². The second-order valence-corrected chi connectivity index (χ2v) is 14.5. The predicted octanol–water partition coefficient (Wildman–Crippen LogP) is 13.3. The van der Waals surface area contributed by atoms with Crippen molar-refractivity contribution < 1.29 is 0 Å². The molecule has 3 aliphatic rings. The van der Waals surface area contributed by atoms with Gasteiger partial charge < -0.3 is 4.90 Å². The largest absolute Gasteiger partial charge is 0.311 e. The number of allylic oxidation sites excluding steroid dienone is 8. The fourth-order valence-corrected chi connectivity index (χ4v) is 9.43. The van der Waals surface area contributed by atoms with E-state index in [4.69, 9.17) is 0 Å². The lowest BCUT2D eigenvalue weighted by molar-refractivity contribution is 0.608. The lowest BCUT2D eigenvalue weighted by Crippen LogP contribution is -2.17. The molecule has 0 atom stereocenters. The Labute approximate surface area is 281 Å². The summed E-state index contributed by atoms with van der Waals surface area (Å²) in [4.78, 5) is 2.35. The Balaban J connectivity index is 1.12. The summed E-state index contributed by atoms with van der Waals surface area (Å²) in [6.45, 7) is 4.83. The van der Waals surface area contributed by atoms with E-state index in [9.17, 15) is 0 Å². The molecule has 6 aromatic rings. The fourth-order valence-electron chi connectivity index (χ4n) is 8.03. The highest BCUT2D eigenvalue weighted by molar-refractivity contribution is 7.26. The molecule has 47 heavy (non-hydrogen) atoms. The van der Waals surface area contributed by atoms with Crippen LogP contribution in [0.4, 0.5) is 17.1 Å². The van der Waals surface area contributed by atoms with Gasteiger partial charge in [-0.15, -0.1) is 11.3 Å². The topological polar surface area (TPSA) is 3.24 Å². The van der Waals surface area contributed by atoms with Crippen LogP contribution < -0.4 is 4.90 Å². The smallest absolute Gasteiger partial charge is 0.0462 e. The van der Waals surface area contributed by atoms with Gasteiger partial charge in [-0.05, 0) is 95.5 Å². The van der Waals surface area contributed by atoms with Crippen molar-refractivity contribution in [3.8, 4) is 11.1 Å². The zero-order valence-electron chi connectivity index (χ0n) is 27.0. The van der Waals surface area contributed by atoms with Crippen LogP contribution in [0.3, 0.4) is 0 Å². The molecule has 0 saturated carbocycles. The highest BCUT2D eigenvalue weighted by Gasteiger charge is 2.38. The van der Waals surface area contributed by atoms with Crippen molar-refractivity contribution >= 4 is 59.7 Å². The minimum atomic E-state index is 0.0909. The number of para-hydroxylation sites is 1. The molecule has 0 saturated heterocycles. The Hall–Kier alpha value is -4.92. The molecule has 1 nitrogen and oxygen atoms in total. The van der Waals surface area contributed by atoms with Gasteiger partial charge in [0.15, 0.2) is 0 Å². The average Bonchev–Trinajstić information content (AvgIpc) is 3.62. The lowest BCUT2D eigenvalue weighted by atomic mass is 9.78. The molecular formula is C45H37NS. The summed E-state index contributed by atoms with van der Waals surface area (Å²) < 4.78 is 2.81. The molecule has 2 heteroatoms. The van der Waals surface area contributed by atoms with Gasteiger partial charge >= 0.3 is 0 Å². The van der Waals surface area contributed by atoms with E-state index in [-0.39, 0.29) is 5.41 Å². The van der Waals surface area contributed by atoms with E-state index in [1.54, 1.807) is 5.57 Å². The summed E-state index contributed by atoms with van der Waals surface area (Å²) in [7, 11) is 0. The second-order valence-electron chi connectivity index (χ2n) is 13.5. The molecule has 9 rings (SSSR count). The molecule has 228 valence electrons. The average molecular weight is 624 g/mol. The second kappa shape index (κ2) is 11.1. The van der Waals surface area contributed by atoms with Crippen molar-refractivity contribution in [2.45, 2.75) is 44.9 Å². The Morgan fingerprint density at radius 2 is 1.30 bits per heavy atom. The fraction of sp³-hybridized carbons (Fsp3) is 0.156. The summed E-state index contributed by atoms with van der Waals surface area (Å²) in [5.74, 6) is 0. The Kier molecular flexibility index (Phi) is 6.69. The molecule has 5 aromatic carbocycles. The molecule has 0 bridgehead atoms. The van der Waals surface area contributed by atoms with E-state index in [1.807, 2.05) is 11.3 Å². The minimum absolute atomic E-state index is 0.0909. The molecule has 0 spiro atoms. The summed E-state index contributed by atoms with van der Waals surface area (Å²) in [6, 6.07) is 40.5. The van der Waals surface area contributed by atoms with Gasteiger partial charge in [0.05, 0.1) is 0 Å². The van der Waals surface area contributed by atoms with Gasteiger partial charge in [0.1, 0.15) is 0 Å². The molecule has 0 radical (unpaired) electrons. The maximum Gasteiger partial charge on any atom is 0.0462 e. The van der Waals surface area contributed by atoms with Gasteiger partial charge in [-0.1, -0.05) is 123 Å². The van der Waals surface area contributed by atoms with Crippen molar-refractivity contribution in [1.29, 1.82) is 0 Å². The van der Waals surface area contributed by atoms with Crippen molar-refractivity contribution in [3.63, 3.8) is 0 Å². The lowest BCUT2D eigenvalue weighted by Gasteiger charge is -2.26. The summed E-state index contributed by atoms with van der Waals surface area (Å²) in [5, 5.41) is 2.74. The normalized spacial score (nSPS) is 16.4. The third kappa shape index (κ3) is 4.58. The SMILES string of the molecule is CC1(C)C2=C(C=CCC2)c2c1ccc1c2sc2c(-c3ccc(N(c4ccccc4)c4ccc(C5=CCCC=C5)cc4)cc3)cccc21. The van der Waals surface area contributed by atoms with E-state index in [0.29, 0.717) is 0 Å². The van der Waals surface area contributed by atoms with Crippen LogP contribution in [0.1, 0.15) is 56.2 Å². The summed E-state index contributed by atoms with van der Waals surface area (Å²) >= 11 is 1.97. The van der Waals surface area contributed by atoms with Gasteiger partial charge in [-0.3, -0.25) is 0 Å². The van der Waals surface area contributed by atoms with Crippen molar-refractivity contribution in [3.05, 3.63) is 162 Å². The van der Waals surface area contributed by atoms with Crippen LogP contribution >= 0.6 is 11.3 Å². The van der Waals surface area contributed by atoms with E-state index in [2.05, 4.69) is 158 Å². The first-order valence-corrected chi connectivity index (χ1v) is 17.7. The standard InChI is InChI=1S/C45H37NS/c1-45(2)40-19-10-9-16-39(40)42-41(45)29-28-38-37-18-11-17-36(43(37)47-44(38)42)32-22-26-35(27-23-32)46(33-14-7-4-8-15-33)34-24-20-31(21-25-34)30-12-5-3-6-13-30/h4-5,7-9,11-18,20-29H,3,6,10,19H2,1-2H3. The van der Waals surface area contributed by atoms with Crippen LogP contribution in [0.2, 0.25) is 0 Å². The molecule has 3 aliphatic carbocycles. The number of hydrogen-bond acceptors (Lipinski definition) is 2. The van der Waals surface area contributed by atoms with Crippen LogP contribution in [0.5, 0.6) is 0 Å². The van der Waals surface area contributed by atoms with Crippen molar-refractivity contribution in [2.24, 2.45) is 0 Å². The van der Waals surface area contributed by atoms with Gasteiger partial charge in [0.25, 0.3) is 0 Å². The first-order chi connectivity index (χ1) is 23.1. The van der Waals surface area contributed by atoms with E-state index in [0.717, 1.165) is 42.7 Å². The van der Waals surface area contributed by atoms with Crippen LogP contribution in [-0.4, -0.2) is 0 Å². The quantitative estimate of drug-likeness (QED) is 0.185. The van der Waals surface area contributed by atoms with E-state index < -0.39 is 0 Å². The third-order valence-corrected chi connectivity index (χ3v) is 11.7. The predicted molar refractivity (Wildman–Crippen MR) is 204 cm³/mol. The molecule has 1 heterocycles. The van der Waals surface area contributed by atoms with E-state index >= 15 is 0 Å². The number of benzene rings is 5. The highest BCUT2D eigenvalue weighted by atomic mass is 32.1. The van der Waals surface area contributed by atoms with E-state index in [1.165, 1.54) is 59.1 Å². The first kappa shape index (κ1) is 28.3. The maximum absolute atomic E-state index is 2.41. The van der Waals surface area contributed by atoms with Crippen LogP contribution in [0.15, 0.2) is 145 Å². The molecule has 0 amide bonds. The number of nitrogens with zero attached hydrogens (tertiary/aromatic N) is 1. The monoisotopic (exact) mass is 623 g/mol. The van der Waals surface area contributed by atoms with Crippen LogP contribution in [0, 0.1) is 0 Å². The first-order valence-electron chi connectivity index (χ1n) is 16.9. The van der Waals surface area contributed by atoms with Gasteiger partial charge in [-0.2, -0.15) is 0 Å². The van der Waals surface area contributed by atoms with Crippen molar-refractivity contribution in [2.75, 3.05) is 4.90 Å². The number of rotatable bonds is 5. The van der Waals surface area contributed by atoms with Gasteiger partial charge in [0, 0.05) is 48.2 Å². The number of hydrogen-bond donors (Lipinski definition) is 0. The Morgan fingerprint density at radius 1 is 0.596 bits per heavy atom. The zero-order valence-corrected chi connectivity index (χ0v) is 27.8. The van der Waals surface area contributed by atoms with Gasteiger partial charge in [0.2, 0.25) is 0 Å².